The van der Waals surface area contributed by atoms with Crippen molar-refractivity contribution in [1.29, 1.82) is 0 Å². The van der Waals surface area contributed by atoms with E-state index in [0.717, 1.165) is 44.9 Å². The number of ether oxygens (including phenoxy) is 2. The molecule has 1 aromatic heterocycles. The highest BCUT2D eigenvalue weighted by Gasteiger charge is 2.27. The number of aliphatic hydroxyl groups is 2. The Balaban J connectivity index is 2.40. The molecule has 0 aliphatic rings. The van der Waals surface area contributed by atoms with E-state index in [1.165, 1.54) is 74.0 Å². The third-order valence-corrected chi connectivity index (χ3v) is 12.1. The first-order valence-corrected chi connectivity index (χ1v) is 26.8. The Kier molecular flexibility index (Phi) is 35.4. The molecule has 0 bridgehead atoms. The number of phosphoric ester groups is 1. The molecule has 0 aliphatic heterocycles. The number of furan rings is 1. The Morgan fingerprint density at radius 1 is 0.672 bits per heavy atom. The van der Waals surface area contributed by atoms with E-state index in [9.17, 15) is 29.3 Å². The lowest BCUT2D eigenvalue weighted by Gasteiger charge is -2.24. The van der Waals surface area contributed by atoms with Gasteiger partial charge < -0.3 is 33.5 Å². The summed E-state index contributed by atoms with van der Waals surface area (Å²) in [6.45, 7) is 8.33. The molecule has 13 heteroatoms. The van der Waals surface area contributed by atoms with E-state index in [2.05, 4.69) is 27.7 Å². The third kappa shape index (κ3) is 35.4. The second-order valence-corrected chi connectivity index (χ2v) is 19.9. The molecule has 0 amide bonds. The van der Waals surface area contributed by atoms with Crippen molar-refractivity contribution in [3.8, 4) is 0 Å². The van der Waals surface area contributed by atoms with Gasteiger partial charge in [0.25, 0.3) is 0 Å². The minimum atomic E-state index is -4.45. The Bertz CT molecular complexity index is 1690. The molecule has 0 saturated carbocycles. The molecule has 12 nitrogen and oxygen atoms in total. The van der Waals surface area contributed by atoms with Crippen molar-refractivity contribution in [3.63, 3.8) is 0 Å². The van der Waals surface area contributed by atoms with Crippen molar-refractivity contribution < 1.29 is 56.7 Å². The lowest BCUT2D eigenvalue weighted by Crippen LogP contribution is -2.37. The highest BCUT2D eigenvalue weighted by atomic mass is 31.2. The number of aryl methyl sites for hydroxylation is 2. The van der Waals surface area contributed by atoms with E-state index in [1.807, 2.05) is 63.7 Å². The van der Waals surface area contributed by atoms with Crippen LogP contribution in [-0.2, 0) is 45.5 Å². The second kappa shape index (κ2) is 38.5. The number of phosphoric acid groups is 1. The van der Waals surface area contributed by atoms with Crippen LogP contribution in [0.1, 0.15) is 165 Å². The average molecular weight is 961 g/mol. The summed E-state index contributed by atoms with van der Waals surface area (Å²) >= 11 is 0. The topological polar surface area (TPSA) is 162 Å². The van der Waals surface area contributed by atoms with Crippen molar-refractivity contribution in [2.75, 3.05) is 47.5 Å². The molecule has 0 aliphatic carbocycles. The van der Waals surface area contributed by atoms with Gasteiger partial charge in [0.05, 0.1) is 40.0 Å². The average Bonchev–Trinajstić information content (AvgIpc) is 3.54. The molecule has 0 spiro atoms. The van der Waals surface area contributed by atoms with Crippen LogP contribution in [0.2, 0.25) is 0 Å². The number of esters is 2. The summed E-state index contributed by atoms with van der Waals surface area (Å²) in [4.78, 5) is 35.6. The van der Waals surface area contributed by atoms with Crippen LogP contribution in [-0.4, -0.2) is 97.3 Å². The monoisotopic (exact) mass is 961 g/mol. The summed E-state index contributed by atoms with van der Waals surface area (Å²) in [7, 11) is 1.32. The summed E-state index contributed by atoms with van der Waals surface area (Å²) in [5.41, 5.74) is 2.67. The summed E-state index contributed by atoms with van der Waals surface area (Å²) in [6.07, 6.45) is 39.9. The number of allylic oxidation sites excluding steroid dienone is 8. The predicted octanol–water partition coefficient (Wildman–Crippen LogP) is 12.2. The van der Waals surface area contributed by atoms with Crippen molar-refractivity contribution in [1.82, 2.24) is 0 Å². The maximum Gasteiger partial charge on any atom is 0.472 e. The number of nitrogens with zero attached hydrogens (tertiary/aromatic N) is 1. The smallest absolute Gasteiger partial charge is 0.466 e. The molecule has 1 unspecified atom stereocenters. The Hall–Kier alpha value is -3.35. The molecule has 4 atom stereocenters. The molecule has 1 heterocycles. The maximum absolute atomic E-state index is 12.8. The van der Waals surface area contributed by atoms with Gasteiger partial charge in [0.15, 0.2) is 6.10 Å². The molecular weight excluding hydrogens is 870 g/mol. The highest BCUT2D eigenvalue weighted by Crippen LogP contribution is 2.43. The van der Waals surface area contributed by atoms with Gasteiger partial charge in [0.1, 0.15) is 31.3 Å². The molecule has 1 aromatic rings. The molecular formula is C54H91NO11P+. The van der Waals surface area contributed by atoms with Crippen LogP contribution in [0.25, 0.3) is 0 Å². The maximum atomic E-state index is 12.8. The Morgan fingerprint density at radius 3 is 1.87 bits per heavy atom. The van der Waals surface area contributed by atoms with Crippen LogP contribution in [0.4, 0.5) is 0 Å². The number of likely N-dealkylation sites (N-methyl/N-ethyl adjacent to an activating group) is 1. The van der Waals surface area contributed by atoms with Gasteiger partial charge >= 0.3 is 19.8 Å². The van der Waals surface area contributed by atoms with E-state index < -0.39 is 44.7 Å². The van der Waals surface area contributed by atoms with Crippen LogP contribution in [0.15, 0.2) is 77.3 Å². The number of rotatable bonds is 41. The standard InChI is InChI=1S/C54H90NO11P/c1-8-10-26-34-48(56)35-28-21-17-16-18-22-29-36-49(57)37-30-25-33-41-54(59)65-50(45-64-67(60,61)63-43-42-55(5,6)7)44-62-53(58)40-32-24-20-15-13-12-14-19-23-31-39-52-47(4)46(3)51(66-52)38-27-11-9-2/h10,17-18,21-22,26,28-30,35-37,48-50,56-57H,8-9,11-16,19-20,23-25,27,31-34,38-45H2,1-7H3/p+1/b21-17-,22-18-,26-10-,35-28+,36-29+,37-30-/t48-,49-,50+/m0/s1. The van der Waals surface area contributed by atoms with Crippen LogP contribution >= 0.6 is 7.82 Å². The van der Waals surface area contributed by atoms with E-state index in [4.69, 9.17) is 22.9 Å². The van der Waals surface area contributed by atoms with Crippen LogP contribution < -0.4 is 0 Å². The van der Waals surface area contributed by atoms with Crippen molar-refractivity contribution >= 4 is 19.8 Å². The lowest BCUT2D eigenvalue weighted by molar-refractivity contribution is -0.870. The van der Waals surface area contributed by atoms with E-state index >= 15 is 0 Å². The normalized spacial score (nSPS) is 15.0. The SMILES string of the molecule is CC/C=C\C[C@H](O)/C=C/C=C\C/C=C\C=C\[C@H](O)/C=C\CCCC(=O)O[C@H](COC(=O)CCCCCCCCCCCCc1oc(CCCCC)c(C)c1C)COP(=O)(O)OCC[N+](C)(C)C. The highest BCUT2D eigenvalue weighted by molar-refractivity contribution is 7.47. The zero-order valence-electron chi connectivity index (χ0n) is 42.5. The van der Waals surface area contributed by atoms with Gasteiger partial charge in [-0.15, -0.1) is 0 Å². The summed E-state index contributed by atoms with van der Waals surface area (Å²) in [5.74, 6) is 1.35. The fourth-order valence-corrected chi connectivity index (χ4v) is 7.62. The molecule has 67 heavy (non-hydrogen) atoms. The van der Waals surface area contributed by atoms with E-state index in [-0.39, 0.29) is 26.1 Å². The Morgan fingerprint density at radius 2 is 1.25 bits per heavy atom. The molecule has 0 aromatic carbocycles. The molecule has 0 radical (unpaired) electrons. The quantitative estimate of drug-likeness (QED) is 0.0143. The number of hydrogen-bond acceptors (Lipinski definition) is 10. The number of unbranched alkanes of at least 4 members (excludes halogenated alkanes) is 12. The molecule has 3 N–H and O–H groups in total. The first kappa shape index (κ1) is 61.7. The van der Waals surface area contributed by atoms with Gasteiger partial charge in [-0.2, -0.15) is 0 Å². The largest absolute Gasteiger partial charge is 0.472 e. The van der Waals surface area contributed by atoms with E-state index in [1.54, 1.807) is 30.4 Å². The fourth-order valence-electron chi connectivity index (χ4n) is 6.87. The van der Waals surface area contributed by atoms with Gasteiger partial charge in [0, 0.05) is 25.7 Å². The molecule has 1 rings (SSSR count). The summed E-state index contributed by atoms with van der Waals surface area (Å²) < 4.78 is 40.5. The molecule has 0 fully saturated rings. The van der Waals surface area contributed by atoms with Crippen molar-refractivity contribution in [2.24, 2.45) is 0 Å². The number of quaternary nitrogens is 1. The van der Waals surface area contributed by atoms with Gasteiger partial charge in [-0.3, -0.25) is 18.6 Å². The van der Waals surface area contributed by atoms with Gasteiger partial charge in [-0.25, -0.2) is 4.57 Å². The minimum absolute atomic E-state index is 0.0152. The third-order valence-electron chi connectivity index (χ3n) is 11.1. The minimum Gasteiger partial charge on any atom is -0.466 e. The predicted molar refractivity (Wildman–Crippen MR) is 272 cm³/mol. The van der Waals surface area contributed by atoms with Crippen LogP contribution in [0, 0.1) is 13.8 Å². The zero-order valence-corrected chi connectivity index (χ0v) is 43.4. The second-order valence-electron chi connectivity index (χ2n) is 18.5. The number of carbonyl (C=O) groups excluding carboxylic acids is 2. The summed E-state index contributed by atoms with van der Waals surface area (Å²) in [6, 6.07) is 0. The number of hydrogen-bond donors (Lipinski definition) is 3. The van der Waals surface area contributed by atoms with Crippen LogP contribution in [0.3, 0.4) is 0 Å². The van der Waals surface area contributed by atoms with Gasteiger partial charge in [-0.05, 0) is 76.3 Å². The molecule has 382 valence electrons. The zero-order chi connectivity index (χ0) is 49.6. The van der Waals surface area contributed by atoms with Gasteiger partial charge in [0.2, 0.25) is 0 Å². The first-order valence-electron chi connectivity index (χ1n) is 25.3. The van der Waals surface area contributed by atoms with Crippen molar-refractivity contribution in [2.45, 2.75) is 187 Å². The molecule has 0 saturated heterocycles. The van der Waals surface area contributed by atoms with Crippen LogP contribution in [0.5, 0.6) is 0 Å². The van der Waals surface area contributed by atoms with E-state index in [0.29, 0.717) is 43.1 Å². The first-order chi connectivity index (χ1) is 32.1. The van der Waals surface area contributed by atoms with Crippen molar-refractivity contribution in [3.05, 3.63) is 95.6 Å². The summed E-state index contributed by atoms with van der Waals surface area (Å²) in [5, 5.41) is 20.1. The number of aliphatic hydroxyl groups excluding tert-OH is 2. The Labute approximate surface area is 405 Å². The fraction of sp³-hybridized carbons (Fsp3) is 0.667. The van der Waals surface area contributed by atoms with Gasteiger partial charge in [-0.1, -0.05) is 151 Å². The number of carbonyl (C=O) groups is 2. The lowest BCUT2D eigenvalue weighted by atomic mass is 10.0.